The molecule has 5 nitrogen and oxygen atoms in total. The summed E-state index contributed by atoms with van der Waals surface area (Å²) >= 11 is 5.83. The SMILES string of the molecule is COc1ccc(CCNC(=O)/C(C#N)=C\NCc2ccc(Cl)cc2)cc1. The molecule has 0 heterocycles. The Balaban J connectivity index is 1.79. The summed E-state index contributed by atoms with van der Waals surface area (Å²) in [6, 6.07) is 16.9. The van der Waals surface area contributed by atoms with Crippen molar-refractivity contribution >= 4 is 17.5 Å². The van der Waals surface area contributed by atoms with E-state index < -0.39 is 5.91 Å². The molecule has 0 bridgehead atoms. The Labute approximate surface area is 158 Å². The zero-order chi connectivity index (χ0) is 18.8. The Morgan fingerprint density at radius 1 is 1.15 bits per heavy atom. The van der Waals surface area contributed by atoms with Gasteiger partial charge in [-0.1, -0.05) is 35.9 Å². The van der Waals surface area contributed by atoms with Gasteiger partial charge in [-0.25, -0.2) is 0 Å². The van der Waals surface area contributed by atoms with E-state index in [4.69, 9.17) is 21.6 Å². The van der Waals surface area contributed by atoms with Crippen LogP contribution in [-0.4, -0.2) is 19.6 Å². The van der Waals surface area contributed by atoms with E-state index in [1.807, 2.05) is 42.5 Å². The molecule has 2 aromatic carbocycles. The van der Waals surface area contributed by atoms with E-state index in [-0.39, 0.29) is 5.57 Å². The zero-order valence-corrected chi connectivity index (χ0v) is 15.2. The van der Waals surface area contributed by atoms with Crippen LogP contribution < -0.4 is 15.4 Å². The normalized spacial score (nSPS) is 10.7. The maximum atomic E-state index is 12.1. The van der Waals surface area contributed by atoms with E-state index in [0.29, 0.717) is 24.5 Å². The van der Waals surface area contributed by atoms with Gasteiger partial charge in [0.1, 0.15) is 17.4 Å². The van der Waals surface area contributed by atoms with Gasteiger partial charge in [-0.2, -0.15) is 5.26 Å². The summed E-state index contributed by atoms with van der Waals surface area (Å²) < 4.78 is 5.11. The highest BCUT2D eigenvalue weighted by Crippen LogP contribution is 2.11. The number of ether oxygens (including phenoxy) is 1. The van der Waals surface area contributed by atoms with Gasteiger partial charge in [0.05, 0.1) is 7.11 Å². The molecule has 2 aromatic rings. The zero-order valence-electron chi connectivity index (χ0n) is 14.5. The molecule has 26 heavy (non-hydrogen) atoms. The number of nitrogens with zero attached hydrogens (tertiary/aromatic N) is 1. The molecule has 0 fully saturated rings. The molecule has 0 aliphatic heterocycles. The van der Waals surface area contributed by atoms with E-state index in [1.54, 1.807) is 19.2 Å². The molecule has 2 rings (SSSR count). The summed E-state index contributed by atoms with van der Waals surface area (Å²) in [6.45, 7) is 0.947. The van der Waals surface area contributed by atoms with Crippen molar-refractivity contribution in [1.82, 2.24) is 10.6 Å². The molecule has 0 atom stereocenters. The molecule has 1 amide bonds. The lowest BCUT2D eigenvalue weighted by molar-refractivity contribution is -0.117. The van der Waals surface area contributed by atoms with Crippen molar-refractivity contribution in [2.75, 3.05) is 13.7 Å². The number of nitriles is 1. The molecule has 0 aliphatic carbocycles. The Hall–Kier alpha value is -2.97. The molecule has 0 spiro atoms. The summed E-state index contributed by atoms with van der Waals surface area (Å²) in [7, 11) is 1.62. The van der Waals surface area contributed by atoms with Crippen LogP contribution in [0.5, 0.6) is 5.75 Å². The third-order valence-electron chi connectivity index (χ3n) is 3.69. The van der Waals surface area contributed by atoms with Crippen molar-refractivity contribution in [3.8, 4) is 11.8 Å². The van der Waals surface area contributed by atoms with Crippen LogP contribution in [0, 0.1) is 11.3 Å². The first-order valence-electron chi connectivity index (χ1n) is 8.11. The molecule has 0 aromatic heterocycles. The maximum Gasteiger partial charge on any atom is 0.263 e. The Kier molecular flexibility index (Phi) is 7.53. The molecular weight excluding hydrogens is 350 g/mol. The minimum Gasteiger partial charge on any atom is -0.497 e. The highest BCUT2D eigenvalue weighted by atomic mass is 35.5. The third-order valence-corrected chi connectivity index (χ3v) is 3.94. The Bertz CT molecular complexity index is 793. The van der Waals surface area contributed by atoms with Gasteiger partial charge in [0.2, 0.25) is 0 Å². The lowest BCUT2D eigenvalue weighted by Crippen LogP contribution is -2.27. The number of rotatable bonds is 8. The summed E-state index contributed by atoms with van der Waals surface area (Å²) in [5, 5.41) is 15.5. The number of amides is 1. The first kappa shape index (κ1) is 19.4. The van der Waals surface area contributed by atoms with E-state index in [1.165, 1.54) is 6.20 Å². The second-order valence-corrected chi connectivity index (χ2v) is 5.97. The largest absolute Gasteiger partial charge is 0.497 e. The van der Waals surface area contributed by atoms with E-state index in [0.717, 1.165) is 16.9 Å². The van der Waals surface area contributed by atoms with Crippen molar-refractivity contribution < 1.29 is 9.53 Å². The lowest BCUT2D eigenvalue weighted by Gasteiger charge is -2.06. The van der Waals surface area contributed by atoms with Crippen LogP contribution in [-0.2, 0) is 17.8 Å². The highest BCUT2D eigenvalue weighted by Gasteiger charge is 2.08. The van der Waals surface area contributed by atoms with Crippen molar-refractivity contribution in [1.29, 1.82) is 5.26 Å². The van der Waals surface area contributed by atoms with Gasteiger partial charge < -0.3 is 15.4 Å². The third kappa shape index (κ3) is 6.15. The van der Waals surface area contributed by atoms with Gasteiger partial charge in [0, 0.05) is 24.3 Å². The number of halogens is 1. The van der Waals surface area contributed by atoms with Crippen molar-refractivity contribution in [3.05, 3.63) is 76.5 Å². The molecule has 6 heteroatoms. The molecule has 0 saturated heterocycles. The fourth-order valence-corrected chi connectivity index (χ4v) is 2.36. The number of carbonyl (C=O) groups is 1. The highest BCUT2D eigenvalue weighted by molar-refractivity contribution is 6.30. The van der Waals surface area contributed by atoms with Crippen molar-refractivity contribution in [3.63, 3.8) is 0 Å². The summed E-state index contributed by atoms with van der Waals surface area (Å²) in [5.41, 5.74) is 2.12. The monoisotopic (exact) mass is 369 g/mol. The fourth-order valence-electron chi connectivity index (χ4n) is 2.23. The minimum atomic E-state index is -0.399. The van der Waals surface area contributed by atoms with Gasteiger partial charge in [-0.05, 0) is 41.8 Å². The predicted molar refractivity (Wildman–Crippen MR) is 102 cm³/mol. The van der Waals surface area contributed by atoms with Gasteiger partial charge in [0.15, 0.2) is 0 Å². The van der Waals surface area contributed by atoms with Crippen LogP contribution in [0.2, 0.25) is 5.02 Å². The number of hydrogen-bond acceptors (Lipinski definition) is 4. The van der Waals surface area contributed by atoms with Crippen LogP contribution >= 0.6 is 11.6 Å². The first-order valence-corrected chi connectivity index (χ1v) is 8.49. The summed E-state index contributed by atoms with van der Waals surface area (Å²) in [5.74, 6) is 0.392. The lowest BCUT2D eigenvalue weighted by atomic mass is 10.1. The number of hydrogen-bond donors (Lipinski definition) is 2. The maximum absolute atomic E-state index is 12.1. The van der Waals surface area contributed by atoms with Gasteiger partial charge in [-0.3, -0.25) is 4.79 Å². The number of benzene rings is 2. The van der Waals surface area contributed by atoms with E-state index in [9.17, 15) is 4.79 Å². The summed E-state index contributed by atoms with van der Waals surface area (Å²) in [4.78, 5) is 12.1. The van der Waals surface area contributed by atoms with E-state index in [2.05, 4.69) is 10.6 Å². The number of carbonyl (C=O) groups excluding carboxylic acids is 1. The average Bonchev–Trinajstić information content (AvgIpc) is 2.67. The minimum absolute atomic E-state index is 0.0358. The van der Waals surface area contributed by atoms with Crippen LogP contribution in [0.25, 0.3) is 0 Å². The average molecular weight is 370 g/mol. The topological polar surface area (TPSA) is 74.1 Å². The Morgan fingerprint density at radius 3 is 2.42 bits per heavy atom. The molecular formula is C20H20ClN3O2. The smallest absolute Gasteiger partial charge is 0.263 e. The molecule has 0 saturated carbocycles. The molecule has 0 radical (unpaired) electrons. The van der Waals surface area contributed by atoms with Crippen molar-refractivity contribution in [2.24, 2.45) is 0 Å². The van der Waals surface area contributed by atoms with E-state index >= 15 is 0 Å². The second kappa shape index (κ2) is 10.1. The van der Waals surface area contributed by atoms with Gasteiger partial charge >= 0.3 is 0 Å². The molecule has 2 N–H and O–H groups in total. The standard InChI is InChI=1S/C20H20ClN3O2/c1-26-19-8-4-15(5-9-19)10-11-24-20(25)17(12-22)14-23-13-16-2-6-18(21)7-3-16/h2-9,14,23H,10-11,13H2,1H3,(H,24,25)/b17-14-. The Morgan fingerprint density at radius 2 is 1.81 bits per heavy atom. The van der Waals surface area contributed by atoms with Crippen LogP contribution in [0.3, 0.4) is 0 Å². The second-order valence-electron chi connectivity index (χ2n) is 5.53. The predicted octanol–water partition coefficient (Wildman–Crippen LogP) is 3.20. The number of methoxy groups -OCH3 is 1. The van der Waals surface area contributed by atoms with Crippen LogP contribution in [0.4, 0.5) is 0 Å². The van der Waals surface area contributed by atoms with Gasteiger partial charge in [0.25, 0.3) is 5.91 Å². The first-order chi connectivity index (χ1) is 12.6. The fraction of sp³-hybridized carbons (Fsp3) is 0.200. The molecule has 0 aliphatic rings. The molecule has 0 unspecified atom stereocenters. The molecule has 134 valence electrons. The van der Waals surface area contributed by atoms with Crippen molar-refractivity contribution in [2.45, 2.75) is 13.0 Å². The van der Waals surface area contributed by atoms with Crippen LogP contribution in [0.1, 0.15) is 11.1 Å². The number of nitrogens with one attached hydrogen (secondary N) is 2. The van der Waals surface area contributed by atoms with Crippen LogP contribution in [0.15, 0.2) is 60.3 Å². The quantitative estimate of drug-likeness (QED) is 0.553. The summed E-state index contributed by atoms with van der Waals surface area (Å²) in [6.07, 6.45) is 2.10. The van der Waals surface area contributed by atoms with Gasteiger partial charge in [-0.15, -0.1) is 0 Å².